The quantitative estimate of drug-likeness (QED) is 0.458. The van der Waals surface area contributed by atoms with Crippen molar-refractivity contribution in [3.05, 3.63) is 81.9 Å². The van der Waals surface area contributed by atoms with Gasteiger partial charge in [0.1, 0.15) is 0 Å². The van der Waals surface area contributed by atoms with Gasteiger partial charge in [-0.05, 0) is 47.5 Å². The average molecular weight is 460 g/mol. The van der Waals surface area contributed by atoms with Gasteiger partial charge in [-0.15, -0.1) is 0 Å². The molecule has 0 radical (unpaired) electrons. The molecule has 0 amide bonds. The van der Waals surface area contributed by atoms with Gasteiger partial charge in [-0.25, -0.2) is 8.42 Å². The first-order chi connectivity index (χ1) is 14.2. The maximum atomic E-state index is 12.9. The zero-order valence-corrected chi connectivity index (χ0v) is 16.4. The molecule has 2 aromatic carbocycles. The standard InChI is InChI=1S/C21H14F6O3S/c22-20(23,24)17-5-1-3-13(9-17)7-15-11-31(29,30)12-16(19(15)28)8-14-4-2-6-18(10-14)21(25,26)27/h1-10H,11-12H2. The number of alkyl halides is 6. The van der Waals surface area contributed by atoms with E-state index in [9.17, 15) is 39.6 Å². The van der Waals surface area contributed by atoms with E-state index < -0.39 is 50.6 Å². The number of benzene rings is 2. The Balaban J connectivity index is 2.02. The SMILES string of the molecule is O=C1C(=Cc2cccc(C(F)(F)F)c2)CS(=O)(=O)CC1=Cc1cccc(C(F)(F)F)c1. The highest BCUT2D eigenvalue weighted by Gasteiger charge is 2.33. The second-order valence-electron chi connectivity index (χ2n) is 6.95. The third-order valence-electron chi connectivity index (χ3n) is 4.44. The van der Waals surface area contributed by atoms with Gasteiger partial charge in [-0.3, -0.25) is 4.79 Å². The zero-order valence-electron chi connectivity index (χ0n) is 15.6. The minimum absolute atomic E-state index is 0.0197. The van der Waals surface area contributed by atoms with Crippen LogP contribution in [0.15, 0.2) is 59.7 Å². The summed E-state index contributed by atoms with van der Waals surface area (Å²) in [5.41, 5.74) is -2.49. The molecule has 1 aliphatic rings. The van der Waals surface area contributed by atoms with Crippen LogP contribution in [0.1, 0.15) is 22.3 Å². The maximum Gasteiger partial charge on any atom is 0.416 e. The van der Waals surface area contributed by atoms with Crippen molar-refractivity contribution in [3.8, 4) is 0 Å². The van der Waals surface area contributed by atoms with Crippen LogP contribution in [-0.4, -0.2) is 25.7 Å². The van der Waals surface area contributed by atoms with Crippen LogP contribution >= 0.6 is 0 Å². The summed E-state index contributed by atoms with van der Waals surface area (Å²) in [6.45, 7) is 0. The Morgan fingerprint density at radius 2 is 1.10 bits per heavy atom. The molecule has 0 saturated carbocycles. The second-order valence-corrected chi connectivity index (χ2v) is 9.01. The predicted molar refractivity (Wildman–Crippen MR) is 103 cm³/mol. The molecule has 1 saturated heterocycles. The molecule has 0 N–H and O–H groups in total. The number of carbonyl (C=O) groups excluding carboxylic acids is 1. The van der Waals surface area contributed by atoms with Crippen LogP contribution in [-0.2, 0) is 27.0 Å². The fraction of sp³-hybridized carbons (Fsp3) is 0.190. The minimum atomic E-state index is -4.62. The number of rotatable bonds is 2. The monoisotopic (exact) mass is 460 g/mol. The van der Waals surface area contributed by atoms with E-state index in [0.717, 1.165) is 48.6 Å². The van der Waals surface area contributed by atoms with Gasteiger partial charge in [-0.1, -0.05) is 24.3 Å². The van der Waals surface area contributed by atoms with E-state index in [-0.39, 0.29) is 22.3 Å². The molecule has 0 aliphatic carbocycles. The maximum absolute atomic E-state index is 12.9. The molecule has 0 unspecified atom stereocenters. The summed E-state index contributed by atoms with van der Waals surface area (Å²) in [6, 6.07) is 8.03. The van der Waals surface area contributed by atoms with E-state index in [1.807, 2.05) is 0 Å². The molecule has 0 spiro atoms. The van der Waals surface area contributed by atoms with E-state index >= 15 is 0 Å². The molecular weight excluding hydrogens is 446 g/mol. The topological polar surface area (TPSA) is 51.2 Å². The first-order valence-corrected chi connectivity index (χ1v) is 10.6. The van der Waals surface area contributed by atoms with Crippen molar-refractivity contribution in [2.45, 2.75) is 12.4 Å². The lowest BCUT2D eigenvalue weighted by Crippen LogP contribution is -2.28. The number of sulfone groups is 1. The van der Waals surface area contributed by atoms with Crippen molar-refractivity contribution in [1.82, 2.24) is 0 Å². The smallest absolute Gasteiger partial charge is 0.289 e. The summed E-state index contributed by atoms with van der Waals surface area (Å²) >= 11 is 0. The average Bonchev–Trinajstić information content (AvgIpc) is 2.64. The number of carbonyl (C=O) groups is 1. The second kappa shape index (κ2) is 7.99. The van der Waals surface area contributed by atoms with Gasteiger partial charge < -0.3 is 0 Å². The molecule has 0 bridgehead atoms. The van der Waals surface area contributed by atoms with Crippen molar-refractivity contribution in [2.24, 2.45) is 0 Å². The number of Topliss-reactive ketones (excluding diaryl/α,β-unsaturated/α-hetero) is 1. The largest absolute Gasteiger partial charge is 0.416 e. The number of hydrogen-bond acceptors (Lipinski definition) is 3. The van der Waals surface area contributed by atoms with Crippen LogP contribution in [0.3, 0.4) is 0 Å². The predicted octanol–water partition coefficient (Wildman–Crippen LogP) is 5.19. The third-order valence-corrected chi connectivity index (χ3v) is 5.95. The van der Waals surface area contributed by atoms with Crippen LogP contribution < -0.4 is 0 Å². The summed E-state index contributed by atoms with van der Waals surface area (Å²) < 4.78 is 102. The van der Waals surface area contributed by atoms with Gasteiger partial charge in [0.25, 0.3) is 0 Å². The zero-order chi connectivity index (χ0) is 23.0. The normalized spacial score (nSPS) is 19.7. The lowest BCUT2D eigenvalue weighted by molar-refractivity contribution is -0.138. The third kappa shape index (κ3) is 5.63. The summed E-state index contributed by atoms with van der Waals surface area (Å²) in [5.74, 6) is -2.10. The summed E-state index contributed by atoms with van der Waals surface area (Å²) in [5, 5.41) is 0. The molecule has 1 aliphatic heterocycles. The highest BCUT2D eigenvalue weighted by molar-refractivity contribution is 7.92. The van der Waals surface area contributed by atoms with Crippen molar-refractivity contribution in [1.29, 1.82) is 0 Å². The summed E-state index contributed by atoms with van der Waals surface area (Å²) in [7, 11) is -3.83. The Kier molecular flexibility index (Phi) is 5.88. The highest BCUT2D eigenvalue weighted by atomic mass is 32.2. The van der Waals surface area contributed by atoms with E-state index in [1.165, 1.54) is 12.1 Å². The van der Waals surface area contributed by atoms with Crippen molar-refractivity contribution >= 4 is 27.8 Å². The van der Waals surface area contributed by atoms with Gasteiger partial charge in [0, 0.05) is 11.1 Å². The van der Waals surface area contributed by atoms with Gasteiger partial charge in [0.2, 0.25) is 0 Å². The Labute approximate surface area is 173 Å². The first-order valence-electron chi connectivity index (χ1n) is 8.75. The van der Waals surface area contributed by atoms with Gasteiger partial charge >= 0.3 is 12.4 Å². The first kappa shape index (κ1) is 22.8. The highest BCUT2D eigenvalue weighted by Crippen LogP contribution is 2.32. The van der Waals surface area contributed by atoms with Gasteiger partial charge in [0.15, 0.2) is 15.6 Å². The van der Waals surface area contributed by atoms with Crippen LogP contribution in [0.4, 0.5) is 26.3 Å². The molecule has 31 heavy (non-hydrogen) atoms. The van der Waals surface area contributed by atoms with E-state index in [1.54, 1.807) is 0 Å². The summed E-state index contributed by atoms with van der Waals surface area (Å²) in [4.78, 5) is 12.7. The van der Waals surface area contributed by atoms with Crippen molar-refractivity contribution < 1.29 is 39.6 Å². The molecule has 0 aromatic heterocycles. The van der Waals surface area contributed by atoms with Gasteiger partial charge in [0.05, 0.1) is 22.6 Å². The Hall–Kier alpha value is -2.88. The number of ketones is 1. The van der Waals surface area contributed by atoms with Crippen LogP contribution in [0, 0.1) is 0 Å². The van der Waals surface area contributed by atoms with Gasteiger partial charge in [-0.2, -0.15) is 26.3 Å². The molecule has 0 atom stereocenters. The van der Waals surface area contributed by atoms with E-state index in [4.69, 9.17) is 0 Å². The number of halogens is 6. The van der Waals surface area contributed by atoms with E-state index in [2.05, 4.69) is 0 Å². The lowest BCUT2D eigenvalue weighted by atomic mass is 9.99. The fourth-order valence-corrected chi connectivity index (χ4v) is 4.57. The Morgan fingerprint density at radius 3 is 1.45 bits per heavy atom. The van der Waals surface area contributed by atoms with Crippen LogP contribution in [0.2, 0.25) is 0 Å². The molecule has 10 heteroatoms. The minimum Gasteiger partial charge on any atom is -0.289 e. The molecule has 164 valence electrons. The van der Waals surface area contributed by atoms with Crippen molar-refractivity contribution in [3.63, 3.8) is 0 Å². The van der Waals surface area contributed by atoms with Crippen LogP contribution in [0.25, 0.3) is 12.2 Å². The Morgan fingerprint density at radius 1 is 0.710 bits per heavy atom. The Bertz CT molecular complexity index is 1100. The van der Waals surface area contributed by atoms with Crippen molar-refractivity contribution in [2.75, 3.05) is 11.5 Å². The fourth-order valence-electron chi connectivity index (χ4n) is 3.09. The van der Waals surface area contributed by atoms with E-state index in [0.29, 0.717) is 0 Å². The van der Waals surface area contributed by atoms with Crippen LogP contribution in [0.5, 0.6) is 0 Å². The molecule has 3 rings (SSSR count). The molecule has 2 aromatic rings. The summed E-state index contributed by atoms with van der Waals surface area (Å²) in [6.07, 6.45) is -7.14. The molecule has 1 fully saturated rings. The number of hydrogen-bond donors (Lipinski definition) is 0. The lowest BCUT2D eigenvalue weighted by Gasteiger charge is -2.18. The molecule has 3 nitrogen and oxygen atoms in total. The molecular formula is C21H14F6O3S. The molecule has 1 heterocycles.